The van der Waals surface area contributed by atoms with Crippen LogP contribution in [0.15, 0.2) is 35.2 Å². The van der Waals surface area contributed by atoms with Crippen molar-refractivity contribution in [2.24, 2.45) is 0 Å². The molecule has 0 aliphatic carbocycles. The Morgan fingerprint density at radius 3 is 2.48 bits per heavy atom. The minimum absolute atomic E-state index is 0.113. The molecule has 1 amide bonds. The maximum absolute atomic E-state index is 13.0. The molecule has 2 aromatic carbocycles. The van der Waals surface area contributed by atoms with Gasteiger partial charge < -0.3 is 9.47 Å². The minimum atomic E-state index is -0.113. The van der Waals surface area contributed by atoms with E-state index in [4.69, 9.17) is 21.7 Å². The molecule has 27 heavy (non-hydrogen) atoms. The largest absolute Gasteiger partial charge is 0.493 e. The first kappa shape index (κ1) is 20.2. The van der Waals surface area contributed by atoms with Crippen LogP contribution in [-0.2, 0) is 4.79 Å². The van der Waals surface area contributed by atoms with Gasteiger partial charge in [-0.15, -0.1) is 0 Å². The van der Waals surface area contributed by atoms with Crippen molar-refractivity contribution in [1.29, 1.82) is 0 Å². The van der Waals surface area contributed by atoms with Crippen molar-refractivity contribution in [3.05, 3.63) is 55.5 Å². The summed E-state index contributed by atoms with van der Waals surface area (Å²) in [7, 11) is 3.20. The number of carbonyl (C=O) groups excluding carboxylic acids is 1. The fraction of sp³-hybridized carbons (Fsp3) is 0.200. The van der Waals surface area contributed by atoms with Gasteiger partial charge in [0.1, 0.15) is 0 Å². The number of anilines is 1. The fourth-order valence-electron chi connectivity index (χ4n) is 2.73. The number of hydrogen-bond acceptors (Lipinski definition) is 5. The maximum Gasteiger partial charge on any atom is 0.270 e. The van der Waals surface area contributed by atoms with E-state index in [1.54, 1.807) is 19.1 Å². The molecule has 0 radical (unpaired) electrons. The number of amides is 1. The topological polar surface area (TPSA) is 38.8 Å². The van der Waals surface area contributed by atoms with Crippen LogP contribution in [-0.4, -0.2) is 24.4 Å². The second-order valence-corrected chi connectivity index (χ2v) is 8.86. The molecular weight excluding hydrogens is 493 g/mol. The van der Waals surface area contributed by atoms with Gasteiger partial charge in [0.2, 0.25) is 0 Å². The van der Waals surface area contributed by atoms with Gasteiger partial charge in [-0.2, -0.15) is 0 Å². The van der Waals surface area contributed by atoms with Gasteiger partial charge in [0, 0.05) is 0 Å². The Hall–Kier alpha value is -1.58. The Morgan fingerprint density at radius 1 is 1.11 bits per heavy atom. The van der Waals surface area contributed by atoms with Crippen molar-refractivity contribution in [2.45, 2.75) is 13.8 Å². The number of thioether (sulfide) groups is 1. The Bertz CT molecular complexity index is 972. The van der Waals surface area contributed by atoms with Gasteiger partial charge in [-0.3, -0.25) is 9.69 Å². The SMILES string of the molecule is COc1cc(/C=C2/SC(=S)N(c3ccc(C)c(C)c3)C2=O)cc(I)c1OC. The Kier molecular flexibility index (Phi) is 6.12. The second-order valence-electron chi connectivity index (χ2n) is 6.02. The third-order valence-corrected chi connectivity index (χ3v) is 6.40. The molecule has 4 nitrogen and oxygen atoms in total. The van der Waals surface area contributed by atoms with E-state index < -0.39 is 0 Å². The normalized spacial score (nSPS) is 15.6. The van der Waals surface area contributed by atoms with Crippen LogP contribution in [0.2, 0.25) is 0 Å². The lowest BCUT2D eigenvalue weighted by Gasteiger charge is -2.16. The highest BCUT2D eigenvalue weighted by atomic mass is 127. The number of aryl methyl sites for hydroxylation is 2. The zero-order chi connectivity index (χ0) is 19.7. The van der Waals surface area contributed by atoms with Gasteiger partial charge >= 0.3 is 0 Å². The highest BCUT2D eigenvalue weighted by Crippen LogP contribution is 2.39. The smallest absolute Gasteiger partial charge is 0.270 e. The number of hydrogen-bond donors (Lipinski definition) is 0. The average molecular weight is 511 g/mol. The van der Waals surface area contributed by atoms with Crippen LogP contribution >= 0.6 is 46.6 Å². The molecule has 140 valence electrons. The summed E-state index contributed by atoms with van der Waals surface area (Å²) in [4.78, 5) is 15.1. The van der Waals surface area contributed by atoms with Crippen LogP contribution in [0.3, 0.4) is 0 Å². The number of ether oxygens (including phenoxy) is 2. The van der Waals surface area contributed by atoms with E-state index in [2.05, 4.69) is 22.6 Å². The molecule has 0 unspecified atom stereocenters. The van der Waals surface area contributed by atoms with Crippen LogP contribution in [0.25, 0.3) is 6.08 Å². The molecule has 1 saturated heterocycles. The van der Waals surface area contributed by atoms with Crippen molar-refractivity contribution < 1.29 is 14.3 Å². The number of methoxy groups -OCH3 is 2. The zero-order valence-electron chi connectivity index (χ0n) is 15.3. The van der Waals surface area contributed by atoms with Crippen molar-refractivity contribution in [1.82, 2.24) is 0 Å². The van der Waals surface area contributed by atoms with Gasteiger partial charge in [-0.25, -0.2) is 0 Å². The molecule has 0 bridgehead atoms. The maximum atomic E-state index is 13.0. The first-order valence-electron chi connectivity index (χ1n) is 8.12. The van der Waals surface area contributed by atoms with Crippen LogP contribution in [0, 0.1) is 17.4 Å². The Morgan fingerprint density at radius 2 is 1.85 bits per heavy atom. The molecule has 1 fully saturated rings. The third-order valence-electron chi connectivity index (χ3n) is 4.30. The number of halogens is 1. The summed E-state index contributed by atoms with van der Waals surface area (Å²) in [5, 5.41) is 0. The monoisotopic (exact) mass is 511 g/mol. The first-order chi connectivity index (χ1) is 12.8. The lowest BCUT2D eigenvalue weighted by atomic mass is 10.1. The van der Waals surface area contributed by atoms with Gasteiger partial charge in [0.15, 0.2) is 15.8 Å². The lowest BCUT2D eigenvalue weighted by molar-refractivity contribution is -0.113. The minimum Gasteiger partial charge on any atom is -0.493 e. The molecule has 7 heteroatoms. The number of nitrogens with zero attached hydrogens (tertiary/aromatic N) is 1. The van der Waals surface area contributed by atoms with E-state index in [0.29, 0.717) is 20.7 Å². The van der Waals surface area contributed by atoms with Crippen LogP contribution in [0.1, 0.15) is 16.7 Å². The fourth-order valence-corrected chi connectivity index (χ4v) is 4.87. The Labute approximate surface area is 182 Å². The Balaban J connectivity index is 1.97. The van der Waals surface area contributed by atoms with Crippen molar-refractivity contribution in [3.63, 3.8) is 0 Å². The molecule has 0 aromatic heterocycles. The summed E-state index contributed by atoms with van der Waals surface area (Å²) in [6.45, 7) is 4.07. The van der Waals surface area contributed by atoms with Crippen molar-refractivity contribution in [3.8, 4) is 11.5 Å². The van der Waals surface area contributed by atoms with Gasteiger partial charge in [-0.1, -0.05) is 30.0 Å². The summed E-state index contributed by atoms with van der Waals surface area (Å²) in [6.07, 6.45) is 1.84. The van der Waals surface area contributed by atoms with Crippen molar-refractivity contribution in [2.75, 3.05) is 19.1 Å². The summed E-state index contributed by atoms with van der Waals surface area (Å²) >= 11 is 8.96. The van der Waals surface area contributed by atoms with Crippen LogP contribution < -0.4 is 14.4 Å². The summed E-state index contributed by atoms with van der Waals surface area (Å²) < 4.78 is 12.2. The second kappa shape index (κ2) is 8.20. The number of rotatable bonds is 4. The predicted molar refractivity (Wildman–Crippen MR) is 124 cm³/mol. The summed E-state index contributed by atoms with van der Waals surface area (Å²) in [6, 6.07) is 9.72. The first-order valence-corrected chi connectivity index (χ1v) is 10.4. The zero-order valence-corrected chi connectivity index (χ0v) is 19.1. The van der Waals surface area contributed by atoms with E-state index in [1.807, 2.05) is 50.3 Å². The van der Waals surface area contributed by atoms with Gasteiger partial charge in [-0.05, 0) is 83.5 Å². The molecule has 1 aliphatic rings. The summed E-state index contributed by atoms with van der Waals surface area (Å²) in [5.74, 6) is 1.19. The molecular formula is C20H18INO3S2. The molecule has 0 atom stereocenters. The van der Waals surface area contributed by atoms with Gasteiger partial charge in [0.25, 0.3) is 5.91 Å². The molecule has 2 aromatic rings. The van der Waals surface area contributed by atoms with E-state index in [-0.39, 0.29) is 5.91 Å². The van der Waals surface area contributed by atoms with Crippen molar-refractivity contribution >= 4 is 68.6 Å². The predicted octanol–water partition coefficient (Wildman–Crippen LogP) is 5.33. The van der Waals surface area contributed by atoms with E-state index in [0.717, 1.165) is 20.4 Å². The average Bonchev–Trinajstić information content (AvgIpc) is 2.90. The lowest BCUT2D eigenvalue weighted by Crippen LogP contribution is -2.27. The molecule has 0 saturated carbocycles. The number of thiocarbonyl (C=S) groups is 1. The third kappa shape index (κ3) is 4.00. The quantitative estimate of drug-likeness (QED) is 0.315. The summed E-state index contributed by atoms with van der Waals surface area (Å²) in [5.41, 5.74) is 3.96. The van der Waals surface area contributed by atoms with Crippen LogP contribution in [0.5, 0.6) is 11.5 Å². The van der Waals surface area contributed by atoms with Crippen LogP contribution in [0.4, 0.5) is 5.69 Å². The standard InChI is InChI=1S/C20H18INO3S2/c1-11-5-6-14(7-12(11)2)22-19(23)17(27-20(22)26)10-13-8-15(21)18(25-4)16(9-13)24-3/h5-10H,1-4H3/b17-10+. The van der Waals surface area contributed by atoms with Gasteiger partial charge in [0.05, 0.1) is 28.4 Å². The molecule has 1 heterocycles. The molecule has 0 spiro atoms. The van der Waals surface area contributed by atoms with E-state index in [9.17, 15) is 4.79 Å². The number of carbonyl (C=O) groups is 1. The molecule has 0 N–H and O–H groups in total. The molecule has 1 aliphatic heterocycles. The van der Waals surface area contributed by atoms with E-state index in [1.165, 1.54) is 17.3 Å². The highest BCUT2D eigenvalue weighted by Gasteiger charge is 2.33. The van der Waals surface area contributed by atoms with E-state index >= 15 is 0 Å². The highest BCUT2D eigenvalue weighted by molar-refractivity contribution is 14.1. The molecule has 3 rings (SSSR count). The number of benzene rings is 2.